The Kier molecular flexibility index (Phi) is 22.7. The number of benzene rings is 2. The van der Waals surface area contributed by atoms with Crippen LogP contribution in [0.2, 0.25) is 0 Å². The summed E-state index contributed by atoms with van der Waals surface area (Å²) in [4.78, 5) is 98.7. The van der Waals surface area contributed by atoms with Gasteiger partial charge in [-0.2, -0.15) is 0 Å². The number of nitrogens with one attached hydrogen (secondary N) is 2. The molecule has 3 aromatic rings. The topological polar surface area (TPSA) is 205 Å². The van der Waals surface area contributed by atoms with Crippen LogP contribution >= 0.6 is 22.6 Å². The molecular weight excluding hydrogens is 971 g/mol. The van der Waals surface area contributed by atoms with Crippen LogP contribution < -0.4 is 10.6 Å². The Morgan fingerprint density at radius 3 is 1.97 bits per heavy atom. The van der Waals surface area contributed by atoms with Crippen LogP contribution in [0, 0.1) is 23.7 Å². The summed E-state index contributed by atoms with van der Waals surface area (Å²) in [5.41, 5.74) is 0.615. The van der Waals surface area contributed by atoms with Crippen molar-refractivity contribution in [1.82, 2.24) is 30.5 Å². The summed E-state index contributed by atoms with van der Waals surface area (Å²) in [7, 11) is 1.68. The molecule has 16 nitrogen and oxygen atoms in total. The monoisotopic (exact) mass is 1040 g/mol. The summed E-state index contributed by atoms with van der Waals surface area (Å²) in [6.45, 7) is 11.7. The number of ketones is 3. The second kappa shape index (κ2) is 27.8. The molecule has 17 heteroatoms. The smallest absolute Gasteiger partial charge is 0.307 e. The number of Topliss-reactive ketones (excluding diaryl/α,β-unsaturated/α-hetero) is 3. The second-order valence-corrected chi connectivity index (χ2v) is 19.3. The van der Waals surface area contributed by atoms with E-state index in [0.29, 0.717) is 51.3 Å². The molecule has 0 spiro atoms. The number of amides is 2. The third-order valence-corrected chi connectivity index (χ3v) is 13.0. The Bertz CT molecular complexity index is 2080. The minimum absolute atomic E-state index is 0.00198. The van der Waals surface area contributed by atoms with Crippen LogP contribution in [0.15, 0.2) is 66.9 Å². The van der Waals surface area contributed by atoms with E-state index in [1.807, 2.05) is 116 Å². The largest absolute Gasteiger partial charge is 0.459 e. The van der Waals surface area contributed by atoms with Gasteiger partial charge in [-0.3, -0.25) is 43.1 Å². The summed E-state index contributed by atoms with van der Waals surface area (Å²) >= 11 is 1.96. The molecule has 1 saturated heterocycles. The van der Waals surface area contributed by atoms with Gasteiger partial charge in [-0.15, -0.1) is 5.10 Å². The number of halogens is 1. The fourth-order valence-corrected chi connectivity index (χ4v) is 8.46. The third kappa shape index (κ3) is 19.3. The number of esters is 2. The fourth-order valence-electron chi connectivity index (χ4n) is 7.93. The minimum Gasteiger partial charge on any atom is -0.459 e. The van der Waals surface area contributed by atoms with Gasteiger partial charge in [-0.25, -0.2) is 0 Å². The minimum atomic E-state index is -1.66. The highest BCUT2D eigenvalue weighted by atomic mass is 127. The number of carbonyl (C=O) groups excluding carboxylic acids is 7. The highest BCUT2D eigenvalue weighted by Crippen LogP contribution is 2.25. The van der Waals surface area contributed by atoms with Crippen molar-refractivity contribution in [3.05, 3.63) is 83.7 Å². The number of morpholine rings is 1. The first-order valence-corrected chi connectivity index (χ1v) is 24.8. The molecule has 366 valence electrons. The zero-order chi connectivity index (χ0) is 48.9. The van der Waals surface area contributed by atoms with Gasteiger partial charge in [-0.05, 0) is 62.0 Å². The van der Waals surface area contributed by atoms with Gasteiger partial charge >= 0.3 is 11.9 Å². The number of alkyl halides is 1. The first-order valence-electron chi connectivity index (χ1n) is 23.3. The number of nitrogens with zero attached hydrogens (tertiary/aromatic N) is 4. The maximum absolute atomic E-state index is 14.5. The van der Waals surface area contributed by atoms with Crippen LogP contribution in [-0.2, 0) is 74.3 Å². The number of aryl methyl sites for hydroxylation is 2. The molecule has 0 radical (unpaired) electrons. The van der Waals surface area contributed by atoms with E-state index in [9.17, 15) is 33.6 Å². The lowest BCUT2D eigenvalue weighted by Gasteiger charge is -2.32. The summed E-state index contributed by atoms with van der Waals surface area (Å²) in [5.74, 6) is -4.97. The van der Waals surface area contributed by atoms with E-state index in [-0.39, 0.29) is 85.4 Å². The van der Waals surface area contributed by atoms with Crippen LogP contribution in [0.5, 0.6) is 0 Å². The molecule has 2 N–H and O–H groups in total. The summed E-state index contributed by atoms with van der Waals surface area (Å²) in [6.07, 6.45) is 2.42. The number of carbonyl (C=O) groups is 7. The Labute approximate surface area is 408 Å². The number of rotatable bonds is 29. The number of hydrogen-bond acceptors (Lipinski definition) is 13. The molecule has 4 rings (SSSR count). The number of aromatic nitrogens is 3. The van der Waals surface area contributed by atoms with E-state index in [0.717, 1.165) is 11.1 Å². The number of hydrogen-bond donors (Lipinski definition) is 2. The van der Waals surface area contributed by atoms with Gasteiger partial charge in [0.1, 0.15) is 18.1 Å². The molecule has 0 bridgehead atoms. The van der Waals surface area contributed by atoms with E-state index < -0.39 is 53.1 Å². The van der Waals surface area contributed by atoms with Gasteiger partial charge in [0.2, 0.25) is 11.8 Å². The summed E-state index contributed by atoms with van der Waals surface area (Å²) in [6, 6.07) is 17.0. The molecule has 1 aliphatic heterocycles. The van der Waals surface area contributed by atoms with Gasteiger partial charge in [0, 0.05) is 49.2 Å². The predicted molar refractivity (Wildman–Crippen MR) is 260 cm³/mol. The van der Waals surface area contributed by atoms with Gasteiger partial charge < -0.3 is 24.8 Å². The maximum Gasteiger partial charge on any atom is 0.307 e. The van der Waals surface area contributed by atoms with Crippen molar-refractivity contribution in [2.45, 2.75) is 117 Å². The van der Waals surface area contributed by atoms with E-state index in [2.05, 4.69) is 20.9 Å². The molecular formula is C50H69IN6O10. The lowest BCUT2D eigenvalue weighted by atomic mass is 9.87. The van der Waals surface area contributed by atoms with Crippen molar-refractivity contribution in [2.24, 2.45) is 30.7 Å². The fraction of sp³-hybridized carbons (Fsp3) is 0.580. The van der Waals surface area contributed by atoms with E-state index in [4.69, 9.17) is 14.2 Å². The van der Waals surface area contributed by atoms with Crippen LogP contribution in [-0.4, -0.2) is 116 Å². The molecule has 1 fully saturated rings. The van der Waals surface area contributed by atoms with Crippen LogP contribution in [0.25, 0.3) is 0 Å². The third-order valence-electron chi connectivity index (χ3n) is 11.5. The molecule has 67 heavy (non-hydrogen) atoms. The lowest BCUT2D eigenvalue weighted by Crippen LogP contribution is -2.55. The van der Waals surface area contributed by atoms with Crippen molar-refractivity contribution >= 4 is 63.7 Å². The van der Waals surface area contributed by atoms with Crippen molar-refractivity contribution in [1.29, 1.82) is 0 Å². The maximum atomic E-state index is 14.5. The number of ether oxygens (including phenoxy) is 3. The van der Waals surface area contributed by atoms with Gasteiger partial charge in [0.25, 0.3) is 0 Å². The molecule has 2 heterocycles. The van der Waals surface area contributed by atoms with E-state index >= 15 is 0 Å². The molecule has 1 unspecified atom stereocenters. The second-order valence-electron chi connectivity index (χ2n) is 18.5. The SMILES string of the molecule is CC(C)C[C@H](NC(=O)[C@H](CCc1ccccc1)CC(=O)CN1CCOCC1)C(=O)C[C@@H](Cc1ccccc1)C(=O)N[C@@H](CC(C)C)C(=O)C(C)(CI)OC(=O)CCC(=O)OCc1cn(C)nn1. The molecule has 1 aliphatic rings. The first-order chi connectivity index (χ1) is 31.9. The molecule has 1 aromatic heterocycles. The highest BCUT2D eigenvalue weighted by Gasteiger charge is 2.42. The van der Waals surface area contributed by atoms with Crippen LogP contribution in [0.3, 0.4) is 0 Å². The van der Waals surface area contributed by atoms with Crippen molar-refractivity contribution in [2.75, 3.05) is 37.3 Å². The average Bonchev–Trinajstić information content (AvgIpc) is 3.73. The van der Waals surface area contributed by atoms with Gasteiger partial charge in [-0.1, -0.05) is 116 Å². The summed E-state index contributed by atoms with van der Waals surface area (Å²) in [5, 5.41) is 13.6. The normalized spacial score (nSPS) is 15.7. The van der Waals surface area contributed by atoms with Crippen molar-refractivity contribution in [3.8, 4) is 0 Å². The summed E-state index contributed by atoms with van der Waals surface area (Å²) < 4.78 is 17.9. The highest BCUT2D eigenvalue weighted by molar-refractivity contribution is 14.1. The molecule has 0 aliphatic carbocycles. The quantitative estimate of drug-likeness (QED) is 0.0511. The molecule has 2 aromatic carbocycles. The molecule has 5 atom stereocenters. The lowest BCUT2D eigenvalue weighted by molar-refractivity contribution is -0.165. The Morgan fingerprint density at radius 2 is 1.37 bits per heavy atom. The standard InChI is InChI=1S/C50H69IN6O10/c1-34(2)25-42(52-48(63)38(18-17-36-13-9-7-10-14-36)28-41(58)31-57-21-23-65-24-22-57)44(59)29-39(27-37-15-11-8-12-16-37)49(64)53-43(26-35(3)4)47(62)50(5,33-51)67-46(61)20-19-45(60)66-32-40-30-56(6)55-54-40/h7-16,30,34-35,38-39,42-43H,17-29,31-33H2,1-6H3,(H,52,63)(H,53,64)/t38-,39-,42+,43+,50?/m1/s1. The Morgan fingerprint density at radius 1 is 0.791 bits per heavy atom. The van der Waals surface area contributed by atoms with Gasteiger partial charge in [0.05, 0.1) is 50.9 Å². The zero-order valence-electron chi connectivity index (χ0n) is 39.9. The molecule has 0 saturated carbocycles. The zero-order valence-corrected chi connectivity index (χ0v) is 42.0. The van der Waals surface area contributed by atoms with E-state index in [1.54, 1.807) is 13.2 Å². The van der Waals surface area contributed by atoms with Crippen LogP contribution in [0.4, 0.5) is 0 Å². The van der Waals surface area contributed by atoms with E-state index in [1.165, 1.54) is 11.6 Å². The molecule has 2 amide bonds. The Balaban J connectivity index is 1.50. The van der Waals surface area contributed by atoms with Crippen molar-refractivity contribution < 1.29 is 47.8 Å². The van der Waals surface area contributed by atoms with Crippen LogP contribution in [0.1, 0.15) is 96.4 Å². The first kappa shape index (κ1) is 54.7. The van der Waals surface area contributed by atoms with Crippen molar-refractivity contribution in [3.63, 3.8) is 0 Å². The van der Waals surface area contributed by atoms with Gasteiger partial charge in [0.15, 0.2) is 17.2 Å². The Hall–Kier alpha value is -4.88. The average molecular weight is 1040 g/mol. The predicted octanol–water partition coefficient (Wildman–Crippen LogP) is 5.36.